The molecule has 1 aliphatic rings. The molecule has 0 unspecified atom stereocenters. The molecule has 2 rings (SSSR count). The number of rotatable bonds is 8. The number of furan rings is 1. The van der Waals surface area contributed by atoms with Crippen LogP contribution in [-0.4, -0.2) is 30.6 Å². The fourth-order valence-corrected chi connectivity index (χ4v) is 2.05. The van der Waals surface area contributed by atoms with E-state index in [9.17, 15) is 0 Å². The topological polar surface area (TPSA) is 28.4 Å². The van der Waals surface area contributed by atoms with Crippen molar-refractivity contribution in [3.8, 4) is 0 Å². The lowest BCUT2D eigenvalue weighted by Gasteiger charge is -2.21. The van der Waals surface area contributed by atoms with Crippen LogP contribution in [0.4, 0.5) is 0 Å². The summed E-state index contributed by atoms with van der Waals surface area (Å²) in [4.78, 5) is 2.61. The van der Waals surface area contributed by atoms with Crippen molar-refractivity contribution in [2.75, 3.05) is 19.6 Å². The molecule has 0 spiro atoms. The molecule has 1 heterocycles. The first-order chi connectivity index (χ1) is 7.90. The first-order valence-electron chi connectivity index (χ1n) is 6.37. The van der Waals surface area contributed by atoms with Crippen LogP contribution >= 0.6 is 0 Å². The van der Waals surface area contributed by atoms with Gasteiger partial charge in [0.15, 0.2) is 0 Å². The molecule has 1 aliphatic carbocycles. The van der Waals surface area contributed by atoms with E-state index < -0.39 is 0 Å². The Balaban J connectivity index is 1.59. The first kappa shape index (κ1) is 11.7. The van der Waals surface area contributed by atoms with E-state index in [4.69, 9.17) is 4.42 Å². The van der Waals surface area contributed by atoms with Gasteiger partial charge >= 0.3 is 0 Å². The molecule has 1 saturated carbocycles. The molecule has 0 atom stereocenters. The van der Waals surface area contributed by atoms with Crippen LogP contribution < -0.4 is 5.32 Å². The Hall–Kier alpha value is -0.800. The number of hydrogen-bond acceptors (Lipinski definition) is 3. The lowest BCUT2D eigenvalue weighted by molar-refractivity contribution is 0.262. The molecule has 0 bridgehead atoms. The molecule has 0 amide bonds. The van der Waals surface area contributed by atoms with Gasteiger partial charge in [-0.15, -0.1) is 0 Å². The Bertz CT molecular complexity index is 280. The highest BCUT2D eigenvalue weighted by atomic mass is 16.3. The van der Waals surface area contributed by atoms with E-state index in [0.717, 1.165) is 24.9 Å². The predicted molar refractivity (Wildman–Crippen MR) is 65.3 cm³/mol. The summed E-state index contributed by atoms with van der Waals surface area (Å²) in [5.41, 5.74) is 0. The lowest BCUT2D eigenvalue weighted by Crippen LogP contribution is -2.34. The van der Waals surface area contributed by atoms with E-state index in [1.807, 2.05) is 12.1 Å². The van der Waals surface area contributed by atoms with Crippen LogP contribution in [0.3, 0.4) is 0 Å². The summed E-state index contributed by atoms with van der Waals surface area (Å²) in [6, 6.07) is 4.83. The summed E-state index contributed by atoms with van der Waals surface area (Å²) < 4.78 is 5.27. The molecule has 16 heavy (non-hydrogen) atoms. The summed E-state index contributed by atoms with van der Waals surface area (Å²) >= 11 is 0. The second-order valence-corrected chi connectivity index (χ2v) is 4.52. The molecule has 1 fully saturated rings. The average molecular weight is 222 g/mol. The molecule has 1 aromatic rings. The molecule has 1 aromatic heterocycles. The predicted octanol–water partition coefficient (Wildman–Crippen LogP) is 2.24. The van der Waals surface area contributed by atoms with Crippen molar-refractivity contribution in [1.82, 2.24) is 10.2 Å². The van der Waals surface area contributed by atoms with Crippen LogP contribution in [0.5, 0.6) is 0 Å². The fourth-order valence-electron chi connectivity index (χ4n) is 2.05. The molecule has 3 nitrogen and oxygen atoms in total. The quantitative estimate of drug-likeness (QED) is 0.684. The van der Waals surface area contributed by atoms with E-state index >= 15 is 0 Å². The van der Waals surface area contributed by atoms with Crippen molar-refractivity contribution in [2.24, 2.45) is 0 Å². The average Bonchev–Trinajstić information content (AvgIpc) is 3.01. The van der Waals surface area contributed by atoms with Gasteiger partial charge in [-0.1, -0.05) is 6.92 Å². The number of nitrogens with one attached hydrogen (secondary N) is 1. The van der Waals surface area contributed by atoms with Gasteiger partial charge in [-0.3, -0.25) is 4.90 Å². The van der Waals surface area contributed by atoms with E-state index in [1.54, 1.807) is 6.26 Å². The highest BCUT2D eigenvalue weighted by Crippen LogP contribution is 2.26. The summed E-state index contributed by atoms with van der Waals surface area (Å²) in [5, 5.41) is 3.42. The first-order valence-corrected chi connectivity index (χ1v) is 6.37. The van der Waals surface area contributed by atoms with Crippen LogP contribution in [0.1, 0.15) is 31.9 Å². The standard InChI is InChI=1S/C13H22N2O/c1-2-8-15(12-5-6-12)9-7-14-11-13-4-3-10-16-13/h3-4,10,12,14H,2,5-9,11H2,1H3. The Morgan fingerprint density at radius 3 is 2.94 bits per heavy atom. The Kier molecular flexibility index (Phi) is 4.43. The minimum absolute atomic E-state index is 0.845. The van der Waals surface area contributed by atoms with E-state index in [-0.39, 0.29) is 0 Å². The maximum atomic E-state index is 5.27. The summed E-state index contributed by atoms with van der Waals surface area (Å²) in [7, 11) is 0. The van der Waals surface area contributed by atoms with Crippen molar-refractivity contribution < 1.29 is 4.42 Å². The van der Waals surface area contributed by atoms with E-state index in [2.05, 4.69) is 17.1 Å². The Morgan fingerprint density at radius 2 is 2.31 bits per heavy atom. The number of hydrogen-bond donors (Lipinski definition) is 1. The minimum Gasteiger partial charge on any atom is -0.468 e. The third-order valence-electron chi connectivity index (χ3n) is 3.03. The van der Waals surface area contributed by atoms with Crippen molar-refractivity contribution in [1.29, 1.82) is 0 Å². The SMILES string of the molecule is CCCN(CCNCc1ccco1)C1CC1. The zero-order chi connectivity index (χ0) is 11.2. The van der Waals surface area contributed by atoms with Crippen LogP contribution in [0.15, 0.2) is 22.8 Å². The Labute approximate surface area is 97.8 Å². The zero-order valence-electron chi connectivity index (χ0n) is 10.1. The van der Waals surface area contributed by atoms with Gasteiger partial charge in [0.05, 0.1) is 12.8 Å². The minimum atomic E-state index is 0.845. The monoisotopic (exact) mass is 222 g/mol. The van der Waals surface area contributed by atoms with Gasteiger partial charge in [0.1, 0.15) is 5.76 Å². The van der Waals surface area contributed by atoms with Gasteiger partial charge < -0.3 is 9.73 Å². The molecule has 0 aromatic carbocycles. The fraction of sp³-hybridized carbons (Fsp3) is 0.692. The molecule has 0 radical (unpaired) electrons. The van der Waals surface area contributed by atoms with Crippen molar-refractivity contribution in [3.05, 3.63) is 24.2 Å². The van der Waals surface area contributed by atoms with E-state index in [1.165, 1.54) is 32.4 Å². The molecule has 0 saturated heterocycles. The smallest absolute Gasteiger partial charge is 0.117 e. The highest BCUT2D eigenvalue weighted by molar-refractivity contribution is 4.97. The van der Waals surface area contributed by atoms with Gasteiger partial charge in [0.2, 0.25) is 0 Å². The summed E-state index contributed by atoms with van der Waals surface area (Å²) in [5.74, 6) is 1.02. The van der Waals surface area contributed by atoms with Crippen LogP contribution in [0, 0.1) is 0 Å². The van der Waals surface area contributed by atoms with Gasteiger partial charge in [-0.05, 0) is 37.9 Å². The normalized spacial score (nSPS) is 15.9. The van der Waals surface area contributed by atoms with Gasteiger partial charge in [-0.25, -0.2) is 0 Å². The van der Waals surface area contributed by atoms with E-state index in [0.29, 0.717) is 0 Å². The van der Waals surface area contributed by atoms with Crippen molar-refractivity contribution in [2.45, 2.75) is 38.8 Å². The molecular weight excluding hydrogens is 200 g/mol. The second-order valence-electron chi connectivity index (χ2n) is 4.52. The number of nitrogens with zero attached hydrogens (tertiary/aromatic N) is 1. The Morgan fingerprint density at radius 1 is 1.44 bits per heavy atom. The van der Waals surface area contributed by atoms with Crippen LogP contribution in [0.25, 0.3) is 0 Å². The second kappa shape index (κ2) is 6.06. The molecular formula is C13H22N2O. The summed E-state index contributed by atoms with van der Waals surface area (Å²) in [6.45, 7) is 6.56. The summed E-state index contributed by atoms with van der Waals surface area (Å²) in [6.07, 6.45) is 5.79. The van der Waals surface area contributed by atoms with Gasteiger partial charge in [0, 0.05) is 19.1 Å². The maximum Gasteiger partial charge on any atom is 0.117 e. The molecule has 1 N–H and O–H groups in total. The van der Waals surface area contributed by atoms with Gasteiger partial charge in [-0.2, -0.15) is 0 Å². The van der Waals surface area contributed by atoms with Crippen molar-refractivity contribution in [3.63, 3.8) is 0 Å². The van der Waals surface area contributed by atoms with Crippen LogP contribution in [-0.2, 0) is 6.54 Å². The third kappa shape index (κ3) is 3.65. The molecule has 3 heteroatoms. The van der Waals surface area contributed by atoms with Crippen LogP contribution in [0.2, 0.25) is 0 Å². The van der Waals surface area contributed by atoms with Crippen molar-refractivity contribution >= 4 is 0 Å². The third-order valence-corrected chi connectivity index (χ3v) is 3.03. The highest BCUT2D eigenvalue weighted by Gasteiger charge is 2.27. The maximum absolute atomic E-state index is 5.27. The molecule has 90 valence electrons. The van der Waals surface area contributed by atoms with Gasteiger partial charge in [0.25, 0.3) is 0 Å². The zero-order valence-corrected chi connectivity index (χ0v) is 10.1. The molecule has 0 aliphatic heterocycles. The largest absolute Gasteiger partial charge is 0.468 e. The lowest BCUT2D eigenvalue weighted by atomic mass is 10.3.